The second kappa shape index (κ2) is 1.96. The summed E-state index contributed by atoms with van der Waals surface area (Å²) in [5, 5.41) is 0. The molecule has 2 nitrogen and oxygen atoms in total. The van der Waals surface area contributed by atoms with Gasteiger partial charge in [0, 0.05) is 11.6 Å². The third kappa shape index (κ3) is 1.10. The van der Waals surface area contributed by atoms with Gasteiger partial charge in [0.25, 0.3) is 0 Å². The summed E-state index contributed by atoms with van der Waals surface area (Å²) in [5.41, 5.74) is 11.6. The van der Waals surface area contributed by atoms with Gasteiger partial charge in [-0.1, -0.05) is 13.8 Å². The standard InChI is InChI=1S/C7H16N2/c1-5(2)7(9)3-6(8)4-7/h5-6H,3-4,8-9H2,1-2H3/t6-,7-. The first kappa shape index (κ1) is 7.03. The van der Waals surface area contributed by atoms with Crippen molar-refractivity contribution >= 4 is 0 Å². The highest BCUT2D eigenvalue weighted by Crippen LogP contribution is 2.34. The molecule has 0 aromatic heterocycles. The van der Waals surface area contributed by atoms with E-state index >= 15 is 0 Å². The van der Waals surface area contributed by atoms with E-state index in [1.165, 1.54) is 0 Å². The Morgan fingerprint density at radius 1 is 1.44 bits per heavy atom. The Bertz CT molecular complexity index is 103. The van der Waals surface area contributed by atoms with Crippen molar-refractivity contribution < 1.29 is 0 Å². The van der Waals surface area contributed by atoms with Crippen LogP contribution in [-0.2, 0) is 0 Å². The minimum atomic E-state index is 0.0689. The zero-order valence-corrected chi connectivity index (χ0v) is 6.22. The van der Waals surface area contributed by atoms with Gasteiger partial charge in [-0.25, -0.2) is 0 Å². The smallest absolute Gasteiger partial charge is 0.0207 e. The Labute approximate surface area is 56.6 Å². The molecular formula is C7H16N2. The summed E-state index contributed by atoms with van der Waals surface area (Å²) < 4.78 is 0. The minimum absolute atomic E-state index is 0.0689. The molecule has 0 amide bonds. The van der Waals surface area contributed by atoms with Crippen LogP contribution >= 0.6 is 0 Å². The highest BCUT2D eigenvalue weighted by Gasteiger charge is 2.40. The third-order valence-corrected chi connectivity index (χ3v) is 2.43. The molecule has 0 aromatic carbocycles. The summed E-state index contributed by atoms with van der Waals surface area (Å²) >= 11 is 0. The van der Waals surface area contributed by atoms with Crippen molar-refractivity contribution in [2.75, 3.05) is 0 Å². The maximum Gasteiger partial charge on any atom is 0.0207 e. The van der Waals surface area contributed by atoms with E-state index in [1.54, 1.807) is 0 Å². The van der Waals surface area contributed by atoms with E-state index in [2.05, 4.69) is 13.8 Å². The number of nitrogens with two attached hydrogens (primary N) is 2. The van der Waals surface area contributed by atoms with Crippen molar-refractivity contribution in [3.8, 4) is 0 Å². The molecule has 0 bridgehead atoms. The molecule has 9 heavy (non-hydrogen) atoms. The quantitative estimate of drug-likeness (QED) is 0.539. The molecular weight excluding hydrogens is 112 g/mol. The first-order valence-corrected chi connectivity index (χ1v) is 3.59. The Balaban J connectivity index is 2.40. The zero-order valence-electron chi connectivity index (χ0n) is 6.22. The van der Waals surface area contributed by atoms with Crippen LogP contribution in [0.4, 0.5) is 0 Å². The van der Waals surface area contributed by atoms with Crippen LogP contribution in [0, 0.1) is 5.92 Å². The molecule has 0 atom stereocenters. The fourth-order valence-corrected chi connectivity index (χ4v) is 1.39. The van der Waals surface area contributed by atoms with E-state index < -0.39 is 0 Å². The van der Waals surface area contributed by atoms with Gasteiger partial charge >= 0.3 is 0 Å². The maximum atomic E-state index is 5.96. The van der Waals surface area contributed by atoms with Gasteiger partial charge in [-0.2, -0.15) is 0 Å². The second-order valence-electron chi connectivity index (χ2n) is 3.56. The van der Waals surface area contributed by atoms with Gasteiger partial charge in [-0.15, -0.1) is 0 Å². The van der Waals surface area contributed by atoms with Crippen LogP contribution in [0.5, 0.6) is 0 Å². The Hall–Kier alpha value is -0.0800. The lowest BCUT2D eigenvalue weighted by Crippen LogP contribution is -2.60. The van der Waals surface area contributed by atoms with Crippen molar-refractivity contribution in [1.82, 2.24) is 0 Å². The van der Waals surface area contributed by atoms with Gasteiger partial charge in [-0.3, -0.25) is 0 Å². The van der Waals surface area contributed by atoms with Crippen LogP contribution in [0.15, 0.2) is 0 Å². The maximum absolute atomic E-state index is 5.96. The molecule has 0 saturated heterocycles. The molecule has 0 unspecified atom stereocenters. The molecule has 1 aliphatic rings. The summed E-state index contributed by atoms with van der Waals surface area (Å²) in [4.78, 5) is 0. The molecule has 0 radical (unpaired) electrons. The minimum Gasteiger partial charge on any atom is -0.328 e. The average molecular weight is 128 g/mol. The normalized spacial score (nSPS) is 43.0. The molecule has 1 rings (SSSR count). The summed E-state index contributed by atoms with van der Waals surface area (Å²) in [6.07, 6.45) is 2.01. The summed E-state index contributed by atoms with van der Waals surface area (Å²) in [6, 6.07) is 0.373. The van der Waals surface area contributed by atoms with Crippen molar-refractivity contribution in [2.24, 2.45) is 17.4 Å². The van der Waals surface area contributed by atoms with Gasteiger partial charge in [0.2, 0.25) is 0 Å². The zero-order chi connectivity index (χ0) is 7.07. The SMILES string of the molecule is CC(C)[C@]1(N)C[C@H](N)C1. The van der Waals surface area contributed by atoms with Crippen LogP contribution in [0.2, 0.25) is 0 Å². The first-order chi connectivity index (χ1) is 4.04. The van der Waals surface area contributed by atoms with E-state index in [1.807, 2.05) is 0 Å². The highest BCUT2D eigenvalue weighted by molar-refractivity contribution is 5.02. The van der Waals surface area contributed by atoms with E-state index in [0.29, 0.717) is 12.0 Å². The predicted molar refractivity (Wildman–Crippen MR) is 39.0 cm³/mol. The molecule has 54 valence electrons. The molecule has 1 saturated carbocycles. The molecule has 0 spiro atoms. The van der Waals surface area contributed by atoms with Crippen LogP contribution in [-0.4, -0.2) is 11.6 Å². The lowest BCUT2D eigenvalue weighted by molar-refractivity contribution is 0.147. The number of rotatable bonds is 1. The van der Waals surface area contributed by atoms with Crippen molar-refractivity contribution in [3.63, 3.8) is 0 Å². The third-order valence-electron chi connectivity index (χ3n) is 2.43. The van der Waals surface area contributed by atoms with E-state index in [-0.39, 0.29) is 5.54 Å². The largest absolute Gasteiger partial charge is 0.328 e. The molecule has 1 aliphatic carbocycles. The van der Waals surface area contributed by atoms with Gasteiger partial charge in [-0.05, 0) is 18.8 Å². The Morgan fingerprint density at radius 3 is 2.00 bits per heavy atom. The van der Waals surface area contributed by atoms with Gasteiger partial charge < -0.3 is 11.5 Å². The molecule has 0 aromatic rings. The van der Waals surface area contributed by atoms with Crippen molar-refractivity contribution in [2.45, 2.75) is 38.3 Å². The predicted octanol–water partition coefficient (Wildman–Crippen LogP) is 0.461. The van der Waals surface area contributed by atoms with Crippen molar-refractivity contribution in [3.05, 3.63) is 0 Å². The van der Waals surface area contributed by atoms with Gasteiger partial charge in [0.15, 0.2) is 0 Å². The number of hydrogen-bond donors (Lipinski definition) is 2. The lowest BCUT2D eigenvalue weighted by Gasteiger charge is -2.46. The Morgan fingerprint density at radius 2 is 1.89 bits per heavy atom. The van der Waals surface area contributed by atoms with Crippen LogP contribution < -0.4 is 11.5 Å². The van der Waals surface area contributed by atoms with E-state index in [4.69, 9.17) is 11.5 Å². The average Bonchev–Trinajstić information content (AvgIpc) is 1.62. The summed E-state index contributed by atoms with van der Waals surface area (Å²) in [7, 11) is 0. The van der Waals surface area contributed by atoms with Gasteiger partial charge in [0.1, 0.15) is 0 Å². The molecule has 2 heteroatoms. The first-order valence-electron chi connectivity index (χ1n) is 3.59. The molecule has 1 fully saturated rings. The molecule has 4 N–H and O–H groups in total. The Kier molecular flexibility index (Phi) is 1.53. The summed E-state index contributed by atoms with van der Waals surface area (Å²) in [5.74, 6) is 0.581. The van der Waals surface area contributed by atoms with Crippen molar-refractivity contribution in [1.29, 1.82) is 0 Å². The molecule has 0 heterocycles. The van der Waals surface area contributed by atoms with E-state index in [9.17, 15) is 0 Å². The lowest BCUT2D eigenvalue weighted by atomic mass is 9.67. The van der Waals surface area contributed by atoms with Crippen LogP contribution in [0.1, 0.15) is 26.7 Å². The topological polar surface area (TPSA) is 52.0 Å². The summed E-state index contributed by atoms with van der Waals surface area (Å²) in [6.45, 7) is 4.32. The fourth-order valence-electron chi connectivity index (χ4n) is 1.39. The highest BCUT2D eigenvalue weighted by atomic mass is 14.9. The van der Waals surface area contributed by atoms with Crippen LogP contribution in [0.3, 0.4) is 0 Å². The second-order valence-corrected chi connectivity index (χ2v) is 3.56. The van der Waals surface area contributed by atoms with Gasteiger partial charge in [0.05, 0.1) is 0 Å². The fraction of sp³-hybridized carbons (Fsp3) is 1.00. The monoisotopic (exact) mass is 128 g/mol. The molecule has 0 aliphatic heterocycles. The van der Waals surface area contributed by atoms with E-state index in [0.717, 1.165) is 12.8 Å². The number of hydrogen-bond acceptors (Lipinski definition) is 2. The van der Waals surface area contributed by atoms with Crippen LogP contribution in [0.25, 0.3) is 0 Å².